The lowest BCUT2D eigenvalue weighted by Crippen LogP contribution is -2.32. The van der Waals surface area contributed by atoms with Crippen LogP contribution in [0.25, 0.3) is 6.08 Å². The van der Waals surface area contributed by atoms with E-state index in [1.165, 1.54) is 31.4 Å². The number of nitrogens with one attached hydrogen (secondary N) is 2. The molecule has 0 aliphatic carbocycles. The van der Waals surface area contributed by atoms with Crippen LogP contribution in [-0.2, 0) is 4.79 Å². The summed E-state index contributed by atoms with van der Waals surface area (Å²) in [6.45, 7) is 0. The number of carbonyl (C=O) groups is 1. The second-order valence-electron chi connectivity index (χ2n) is 5.02. The Morgan fingerprint density at radius 3 is 2.54 bits per heavy atom. The molecule has 1 amide bonds. The Morgan fingerprint density at radius 2 is 1.88 bits per heavy atom. The fourth-order valence-electron chi connectivity index (χ4n) is 2.02. The van der Waals surface area contributed by atoms with Crippen molar-refractivity contribution >= 4 is 46.6 Å². The van der Waals surface area contributed by atoms with E-state index in [4.69, 9.17) is 33.3 Å². The maximum Gasteiger partial charge on any atom is 0.250 e. The van der Waals surface area contributed by atoms with E-state index in [2.05, 4.69) is 10.6 Å². The molecule has 0 spiro atoms. The molecule has 2 rings (SSSR count). The van der Waals surface area contributed by atoms with Crippen LogP contribution in [0.2, 0.25) is 5.02 Å². The number of thiocarbonyl (C=S) groups is 1. The summed E-state index contributed by atoms with van der Waals surface area (Å²) in [4.78, 5) is 11.9. The van der Waals surface area contributed by atoms with Gasteiger partial charge in [0, 0.05) is 11.8 Å². The Labute approximate surface area is 160 Å². The fraction of sp³-hybridized carbons (Fsp3) is 0.111. The molecular weight excluding hydrogens is 379 g/mol. The van der Waals surface area contributed by atoms with Gasteiger partial charge in [-0.05, 0) is 54.2 Å². The van der Waals surface area contributed by atoms with E-state index in [1.54, 1.807) is 31.4 Å². The Morgan fingerprint density at radius 1 is 1.15 bits per heavy atom. The maximum atomic E-state index is 13.1. The summed E-state index contributed by atoms with van der Waals surface area (Å²) in [7, 11) is 3.08. The van der Waals surface area contributed by atoms with E-state index in [0.717, 1.165) is 5.56 Å². The van der Waals surface area contributed by atoms with Crippen molar-refractivity contribution in [1.29, 1.82) is 0 Å². The lowest BCUT2D eigenvalue weighted by molar-refractivity contribution is -0.115. The fourth-order valence-corrected chi connectivity index (χ4v) is 2.42. The first kappa shape index (κ1) is 19.7. The molecule has 2 N–H and O–H groups in total. The van der Waals surface area contributed by atoms with Gasteiger partial charge in [-0.2, -0.15) is 0 Å². The summed E-state index contributed by atoms with van der Waals surface area (Å²) in [5, 5.41) is 5.26. The van der Waals surface area contributed by atoms with Crippen LogP contribution in [0.5, 0.6) is 11.5 Å². The average molecular weight is 395 g/mol. The topological polar surface area (TPSA) is 59.6 Å². The summed E-state index contributed by atoms with van der Waals surface area (Å²) >= 11 is 10.7. The van der Waals surface area contributed by atoms with Gasteiger partial charge in [0.2, 0.25) is 5.91 Å². The zero-order valence-corrected chi connectivity index (χ0v) is 15.6. The molecule has 2 aromatic carbocycles. The molecule has 26 heavy (non-hydrogen) atoms. The van der Waals surface area contributed by atoms with Crippen molar-refractivity contribution in [2.45, 2.75) is 0 Å². The molecule has 0 heterocycles. The molecule has 8 heteroatoms. The molecule has 0 aliphatic rings. The molecule has 0 atom stereocenters. The monoisotopic (exact) mass is 394 g/mol. The molecule has 0 saturated heterocycles. The number of carbonyl (C=O) groups excluding carboxylic acids is 1. The first-order chi connectivity index (χ1) is 12.4. The Bertz CT molecular complexity index is 858. The van der Waals surface area contributed by atoms with Crippen molar-refractivity contribution in [3.05, 3.63) is 58.9 Å². The number of halogens is 2. The van der Waals surface area contributed by atoms with Gasteiger partial charge in [0.25, 0.3) is 0 Å². The highest BCUT2D eigenvalue weighted by molar-refractivity contribution is 7.80. The second kappa shape index (κ2) is 9.17. The van der Waals surface area contributed by atoms with E-state index >= 15 is 0 Å². The van der Waals surface area contributed by atoms with Crippen molar-refractivity contribution < 1.29 is 18.7 Å². The minimum absolute atomic E-state index is 0.0440. The lowest BCUT2D eigenvalue weighted by atomic mass is 10.2. The molecule has 0 unspecified atom stereocenters. The predicted octanol–water partition coefficient (Wildman–Crippen LogP) is 4.02. The Kier molecular flexibility index (Phi) is 6.94. The highest BCUT2D eigenvalue weighted by Crippen LogP contribution is 2.27. The smallest absolute Gasteiger partial charge is 0.250 e. The third-order valence-electron chi connectivity index (χ3n) is 3.25. The molecule has 0 aromatic heterocycles. The van der Waals surface area contributed by atoms with Crippen molar-refractivity contribution in [3.8, 4) is 11.5 Å². The van der Waals surface area contributed by atoms with Crippen LogP contribution in [0, 0.1) is 5.82 Å². The summed E-state index contributed by atoms with van der Waals surface area (Å²) in [5.74, 6) is 0.188. The minimum Gasteiger partial charge on any atom is -0.493 e. The number of anilines is 1. The van der Waals surface area contributed by atoms with Crippen LogP contribution in [0.15, 0.2) is 42.5 Å². The van der Waals surface area contributed by atoms with Gasteiger partial charge in [-0.3, -0.25) is 10.1 Å². The lowest BCUT2D eigenvalue weighted by Gasteiger charge is -2.09. The Balaban J connectivity index is 1.96. The number of benzene rings is 2. The molecule has 5 nitrogen and oxygen atoms in total. The second-order valence-corrected chi connectivity index (χ2v) is 5.84. The first-order valence-corrected chi connectivity index (χ1v) is 8.18. The summed E-state index contributed by atoms with van der Waals surface area (Å²) < 4.78 is 23.5. The Hall–Kier alpha value is -2.64. The van der Waals surface area contributed by atoms with Crippen molar-refractivity contribution in [1.82, 2.24) is 5.32 Å². The summed E-state index contributed by atoms with van der Waals surface area (Å²) in [5.41, 5.74) is 1.22. The molecule has 0 aliphatic heterocycles. The average Bonchev–Trinajstić information content (AvgIpc) is 2.62. The van der Waals surface area contributed by atoms with Crippen molar-refractivity contribution in [2.75, 3.05) is 19.5 Å². The van der Waals surface area contributed by atoms with Crippen molar-refractivity contribution in [2.24, 2.45) is 0 Å². The van der Waals surface area contributed by atoms with Gasteiger partial charge in [-0.25, -0.2) is 4.39 Å². The van der Waals surface area contributed by atoms with Crippen LogP contribution in [0.4, 0.5) is 10.1 Å². The molecule has 0 radical (unpaired) electrons. The van der Waals surface area contributed by atoms with Gasteiger partial charge in [-0.15, -0.1) is 0 Å². The van der Waals surface area contributed by atoms with Gasteiger partial charge in [0.1, 0.15) is 5.82 Å². The third-order valence-corrected chi connectivity index (χ3v) is 3.74. The zero-order valence-electron chi connectivity index (χ0n) is 14.0. The summed E-state index contributed by atoms with van der Waals surface area (Å²) in [6.07, 6.45) is 2.93. The molecule has 0 bridgehead atoms. The van der Waals surface area contributed by atoms with Crippen LogP contribution in [0.3, 0.4) is 0 Å². The quantitative estimate of drug-likeness (QED) is 0.592. The number of hydrogen-bond acceptors (Lipinski definition) is 4. The number of amides is 1. The standard InChI is InChI=1S/C18H16ClFN2O3S/c1-24-15-7-3-11(9-16(15)25-2)4-8-17(23)22-18(26)21-12-5-6-14(20)13(19)10-12/h3-10H,1-2H3,(H2,21,22,23,26)/b8-4+. The van der Waals surface area contributed by atoms with Gasteiger partial charge in [-0.1, -0.05) is 17.7 Å². The predicted molar refractivity (Wildman–Crippen MR) is 104 cm³/mol. The highest BCUT2D eigenvalue weighted by Gasteiger charge is 2.06. The molecular formula is C18H16ClFN2O3S. The normalized spacial score (nSPS) is 10.5. The van der Waals surface area contributed by atoms with E-state index in [1.807, 2.05) is 0 Å². The van der Waals surface area contributed by atoms with Crippen LogP contribution in [0.1, 0.15) is 5.56 Å². The minimum atomic E-state index is -0.537. The van der Waals surface area contributed by atoms with Crippen LogP contribution in [-0.4, -0.2) is 25.2 Å². The van der Waals surface area contributed by atoms with Gasteiger partial charge >= 0.3 is 0 Å². The van der Waals surface area contributed by atoms with Gasteiger partial charge in [0.05, 0.1) is 19.2 Å². The zero-order chi connectivity index (χ0) is 19.1. The van der Waals surface area contributed by atoms with Crippen molar-refractivity contribution in [3.63, 3.8) is 0 Å². The van der Waals surface area contributed by atoms with E-state index < -0.39 is 11.7 Å². The van der Waals surface area contributed by atoms with Gasteiger partial charge in [0.15, 0.2) is 16.6 Å². The molecule has 2 aromatic rings. The maximum absolute atomic E-state index is 13.1. The SMILES string of the molecule is COc1ccc(/C=C/C(=O)NC(=S)Nc2ccc(F)c(Cl)c2)cc1OC. The van der Waals surface area contributed by atoms with E-state index in [0.29, 0.717) is 17.2 Å². The molecule has 136 valence electrons. The first-order valence-electron chi connectivity index (χ1n) is 7.40. The number of hydrogen-bond donors (Lipinski definition) is 2. The van der Waals surface area contributed by atoms with E-state index in [9.17, 15) is 9.18 Å². The third kappa shape index (κ3) is 5.44. The number of ether oxygens (including phenoxy) is 2. The molecule has 0 saturated carbocycles. The highest BCUT2D eigenvalue weighted by atomic mass is 35.5. The van der Waals surface area contributed by atoms with Gasteiger partial charge < -0.3 is 14.8 Å². The van der Waals surface area contributed by atoms with E-state index in [-0.39, 0.29) is 10.1 Å². The molecule has 0 fully saturated rings. The number of rotatable bonds is 5. The van der Waals surface area contributed by atoms with Crippen LogP contribution >= 0.6 is 23.8 Å². The number of methoxy groups -OCH3 is 2. The summed E-state index contributed by atoms with van der Waals surface area (Å²) in [6, 6.07) is 9.28. The largest absolute Gasteiger partial charge is 0.493 e. The van der Waals surface area contributed by atoms with Crippen LogP contribution < -0.4 is 20.1 Å².